The van der Waals surface area contributed by atoms with Gasteiger partial charge in [0.1, 0.15) is 0 Å². The van der Waals surface area contributed by atoms with Crippen molar-refractivity contribution in [1.82, 2.24) is 0 Å². The smallest absolute Gasteiger partial charge is 0.272 e. The van der Waals surface area contributed by atoms with Crippen molar-refractivity contribution in [2.24, 2.45) is 11.1 Å². The van der Waals surface area contributed by atoms with Crippen LogP contribution >= 0.6 is 23.2 Å². The summed E-state index contributed by atoms with van der Waals surface area (Å²) in [7, 11) is 0. The number of aliphatic hydroxyl groups excluding tert-OH is 1. The fraction of sp³-hybridized carbons (Fsp3) is 0.833. The summed E-state index contributed by atoms with van der Waals surface area (Å²) in [4.78, 5) is 3.53. The van der Waals surface area contributed by atoms with Crippen molar-refractivity contribution < 1.29 is 15.1 Å². The molecule has 0 aromatic rings. The quantitative estimate of drug-likeness (QED) is 0.672. The third-order valence-corrected chi connectivity index (χ3v) is 2.35. The van der Waals surface area contributed by atoms with Crippen molar-refractivity contribution in [3.05, 3.63) is 0 Å². The second kappa shape index (κ2) is 3.79. The van der Waals surface area contributed by atoms with Crippen molar-refractivity contribution in [1.29, 1.82) is 0 Å². The van der Waals surface area contributed by atoms with Gasteiger partial charge in [-0.2, -0.15) is 0 Å². The van der Waals surface area contributed by atoms with Crippen molar-refractivity contribution in [2.45, 2.75) is 17.0 Å². The van der Waals surface area contributed by atoms with E-state index >= 15 is 0 Å². The molecule has 0 saturated carbocycles. The molecule has 1 aliphatic heterocycles. The maximum Gasteiger partial charge on any atom is 0.272 e. The van der Waals surface area contributed by atoms with E-state index in [-0.39, 0.29) is 6.61 Å². The summed E-state index contributed by atoms with van der Waals surface area (Å²) in [6, 6.07) is 0. The van der Waals surface area contributed by atoms with Crippen LogP contribution in [0.25, 0.3) is 0 Å². The van der Waals surface area contributed by atoms with E-state index in [9.17, 15) is 5.11 Å². The summed E-state index contributed by atoms with van der Waals surface area (Å²) in [5.41, 5.74) is 0. The fourth-order valence-electron chi connectivity index (χ4n) is 0.985. The van der Waals surface area contributed by atoms with E-state index in [2.05, 4.69) is 9.99 Å². The van der Waals surface area contributed by atoms with Gasteiger partial charge in [0.15, 0.2) is 4.84 Å². The molecule has 0 spiro atoms. The highest BCUT2D eigenvalue weighted by Crippen LogP contribution is 2.34. The molecule has 0 amide bonds. The Balaban J connectivity index is 2.65. The number of hydrogen-bond donors (Lipinski definition) is 2. The fourth-order valence-corrected chi connectivity index (χ4v) is 1.39. The number of hydrogen-bond acceptors (Lipinski definition) is 4. The van der Waals surface area contributed by atoms with E-state index in [0.717, 1.165) is 0 Å². The van der Waals surface area contributed by atoms with Crippen LogP contribution < -0.4 is 0 Å². The maximum atomic E-state index is 9.64. The van der Waals surface area contributed by atoms with Gasteiger partial charge in [-0.1, -0.05) is 28.4 Å². The lowest BCUT2D eigenvalue weighted by molar-refractivity contribution is -0.199. The largest absolute Gasteiger partial charge is 0.396 e. The molecular formula is C6H9Cl2NO3. The van der Waals surface area contributed by atoms with Crippen LogP contribution in [-0.2, 0) is 4.84 Å². The molecule has 6 heteroatoms. The Kier molecular flexibility index (Phi) is 3.17. The van der Waals surface area contributed by atoms with Crippen LogP contribution in [0.1, 0.15) is 6.42 Å². The Morgan fingerprint density at radius 2 is 2.33 bits per heavy atom. The van der Waals surface area contributed by atoms with Crippen molar-refractivity contribution in [3.8, 4) is 0 Å². The van der Waals surface area contributed by atoms with Gasteiger partial charge in [0.2, 0.25) is 0 Å². The molecule has 0 aromatic heterocycles. The second-order valence-corrected chi connectivity index (χ2v) is 3.61. The predicted molar refractivity (Wildman–Crippen MR) is 45.2 cm³/mol. The van der Waals surface area contributed by atoms with Crippen LogP contribution in [-0.4, -0.2) is 33.7 Å². The molecule has 2 unspecified atom stereocenters. The molecule has 70 valence electrons. The van der Waals surface area contributed by atoms with Gasteiger partial charge in [-0.15, -0.1) is 0 Å². The van der Waals surface area contributed by atoms with Gasteiger partial charge >= 0.3 is 0 Å². The average Bonchev–Trinajstić information content (AvgIpc) is 2.35. The number of oxime groups is 1. The number of nitrogens with zero attached hydrogens (tertiary/aromatic N) is 1. The summed E-state index contributed by atoms with van der Waals surface area (Å²) < 4.78 is 0. The standard InChI is InChI=1S/C6H9Cl2NO3/c7-5(8)6(11)4(1-2-10)3-9-12-6/h3-5,10-11H,1-2H2. The van der Waals surface area contributed by atoms with Gasteiger partial charge in [0.25, 0.3) is 5.79 Å². The molecule has 12 heavy (non-hydrogen) atoms. The van der Waals surface area contributed by atoms with Crippen molar-refractivity contribution in [3.63, 3.8) is 0 Å². The summed E-state index contributed by atoms with van der Waals surface area (Å²) >= 11 is 11.0. The van der Waals surface area contributed by atoms with Crippen LogP contribution in [0.5, 0.6) is 0 Å². The molecule has 4 nitrogen and oxygen atoms in total. The third-order valence-electron chi connectivity index (χ3n) is 1.72. The van der Waals surface area contributed by atoms with E-state index < -0.39 is 16.5 Å². The van der Waals surface area contributed by atoms with Crippen LogP contribution in [0.15, 0.2) is 5.16 Å². The van der Waals surface area contributed by atoms with E-state index in [0.29, 0.717) is 6.42 Å². The Morgan fingerprint density at radius 3 is 2.83 bits per heavy atom. The minimum atomic E-state index is -1.69. The Morgan fingerprint density at radius 1 is 1.67 bits per heavy atom. The highest BCUT2D eigenvalue weighted by Gasteiger charge is 2.47. The van der Waals surface area contributed by atoms with E-state index in [1.54, 1.807) is 0 Å². The van der Waals surface area contributed by atoms with Crippen molar-refractivity contribution >= 4 is 29.4 Å². The number of aliphatic hydroxyl groups is 2. The molecule has 2 atom stereocenters. The Hall–Kier alpha value is -0.0300. The van der Waals surface area contributed by atoms with Gasteiger partial charge in [-0.3, -0.25) is 0 Å². The maximum absolute atomic E-state index is 9.64. The SMILES string of the molecule is OCCC1C=NOC1(O)C(Cl)Cl. The summed E-state index contributed by atoms with van der Waals surface area (Å²) in [5, 5.41) is 21.7. The van der Waals surface area contributed by atoms with Gasteiger partial charge in [-0.05, 0) is 6.42 Å². The molecule has 2 N–H and O–H groups in total. The first-order valence-corrected chi connectivity index (χ1v) is 4.31. The summed E-state index contributed by atoms with van der Waals surface area (Å²) in [6.45, 7) is -0.0805. The molecule has 0 aliphatic carbocycles. The number of alkyl halides is 2. The molecule has 0 bridgehead atoms. The monoisotopic (exact) mass is 213 g/mol. The molecule has 0 aromatic carbocycles. The predicted octanol–water partition coefficient (Wildman–Crippen LogP) is 0.493. The lowest BCUT2D eigenvalue weighted by Crippen LogP contribution is -2.43. The minimum Gasteiger partial charge on any atom is -0.396 e. The van der Waals surface area contributed by atoms with Crippen molar-refractivity contribution in [2.75, 3.05) is 6.61 Å². The first-order valence-electron chi connectivity index (χ1n) is 3.44. The number of halogens is 2. The topological polar surface area (TPSA) is 62.1 Å². The highest BCUT2D eigenvalue weighted by atomic mass is 35.5. The first-order chi connectivity index (χ1) is 5.61. The normalized spacial score (nSPS) is 34.2. The molecule has 0 radical (unpaired) electrons. The van der Waals surface area contributed by atoms with Crippen LogP contribution in [0.4, 0.5) is 0 Å². The molecule has 0 fully saturated rings. The zero-order chi connectivity index (χ0) is 9.19. The van der Waals surface area contributed by atoms with E-state index in [1.165, 1.54) is 6.21 Å². The molecule has 1 rings (SSSR count). The Bertz CT molecular complexity index is 188. The van der Waals surface area contributed by atoms with Gasteiger partial charge in [0.05, 0.1) is 12.1 Å². The number of rotatable bonds is 3. The Labute approximate surface area is 79.7 Å². The molecular weight excluding hydrogens is 205 g/mol. The van der Waals surface area contributed by atoms with Gasteiger partial charge < -0.3 is 15.1 Å². The van der Waals surface area contributed by atoms with Crippen LogP contribution in [0, 0.1) is 5.92 Å². The lowest BCUT2D eigenvalue weighted by atomic mass is 9.99. The van der Waals surface area contributed by atoms with Crippen LogP contribution in [0.3, 0.4) is 0 Å². The molecule has 0 saturated heterocycles. The summed E-state index contributed by atoms with van der Waals surface area (Å²) in [6.07, 6.45) is 1.70. The van der Waals surface area contributed by atoms with Gasteiger partial charge in [0, 0.05) is 6.61 Å². The minimum absolute atomic E-state index is 0.0805. The zero-order valence-electron chi connectivity index (χ0n) is 6.15. The second-order valence-electron chi connectivity index (χ2n) is 2.52. The average molecular weight is 214 g/mol. The first kappa shape index (κ1) is 10.1. The molecule has 1 aliphatic rings. The van der Waals surface area contributed by atoms with Crippen LogP contribution in [0.2, 0.25) is 0 Å². The summed E-state index contributed by atoms with van der Waals surface area (Å²) in [5.74, 6) is -2.14. The van der Waals surface area contributed by atoms with Gasteiger partial charge in [-0.25, -0.2) is 0 Å². The molecule has 1 heterocycles. The van der Waals surface area contributed by atoms with E-state index in [1.807, 2.05) is 0 Å². The zero-order valence-corrected chi connectivity index (χ0v) is 7.66. The third kappa shape index (κ3) is 1.66. The highest BCUT2D eigenvalue weighted by molar-refractivity contribution is 6.45. The lowest BCUT2D eigenvalue weighted by Gasteiger charge is -2.26. The van der Waals surface area contributed by atoms with E-state index in [4.69, 9.17) is 28.3 Å².